The largest absolute Gasteiger partial charge is 0.339 e. The third-order valence-electron chi connectivity index (χ3n) is 3.47. The molecule has 0 radical (unpaired) electrons. The van der Waals surface area contributed by atoms with Crippen LogP contribution in [0.2, 0.25) is 0 Å². The Bertz CT molecular complexity index is 512. The summed E-state index contributed by atoms with van der Waals surface area (Å²) in [6, 6.07) is 8.34. The molecule has 1 fully saturated rings. The summed E-state index contributed by atoms with van der Waals surface area (Å²) in [6.07, 6.45) is 2.13. The van der Waals surface area contributed by atoms with E-state index >= 15 is 0 Å². The smallest absolute Gasteiger partial charge is 0.231 e. The fraction of sp³-hybridized carbons (Fsp3) is 0.429. The Kier molecular flexibility index (Phi) is 3.11. The Morgan fingerprint density at radius 3 is 2.83 bits per heavy atom. The first-order chi connectivity index (χ1) is 8.86. The first-order valence-corrected chi connectivity index (χ1v) is 6.50. The normalized spacial score (nSPS) is 19.3. The zero-order valence-electron chi connectivity index (χ0n) is 10.5. The van der Waals surface area contributed by atoms with Crippen LogP contribution in [-0.2, 0) is 6.42 Å². The highest BCUT2D eigenvalue weighted by atomic mass is 16.5. The number of nitrogens with one attached hydrogen (secondary N) is 1. The van der Waals surface area contributed by atoms with E-state index in [2.05, 4.69) is 46.6 Å². The van der Waals surface area contributed by atoms with Crippen molar-refractivity contribution in [2.45, 2.75) is 25.7 Å². The number of hydrogen-bond acceptors (Lipinski definition) is 4. The average Bonchev–Trinajstić information content (AvgIpc) is 3.09. The molecule has 4 heteroatoms. The Labute approximate surface area is 106 Å². The molecule has 1 N–H and O–H groups in total. The third-order valence-corrected chi connectivity index (χ3v) is 3.47. The lowest BCUT2D eigenvalue weighted by atomic mass is 10.1. The van der Waals surface area contributed by atoms with Crippen LogP contribution in [0.1, 0.15) is 30.7 Å². The molecule has 0 amide bonds. The number of rotatable bonds is 3. The maximum Gasteiger partial charge on any atom is 0.231 e. The van der Waals surface area contributed by atoms with Crippen molar-refractivity contribution in [2.75, 3.05) is 13.1 Å². The van der Waals surface area contributed by atoms with Gasteiger partial charge in [-0.1, -0.05) is 36.3 Å². The molecule has 4 nitrogen and oxygen atoms in total. The fourth-order valence-corrected chi connectivity index (χ4v) is 2.27. The molecule has 1 atom stereocenters. The minimum absolute atomic E-state index is 0.376. The minimum Gasteiger partial charge on any atom is -0.339 e. The van der Waals surface area contributed by atoms with Crippen molar-refractivity contribution in [3.63, 3.8) is 0 Å². The summed E-state index contributed by atoms with van der Waals surface area (Å²) in [5.74, 6) is 1.83. The summed E-state index contributed by atoms with van der Waals surface area (Å²) in [4.78, 5) is 4.50. The van der Waals surface area contributed by atoms with Crippen molar-refractivity contribution >= 4 is 0 Å². The van der Waals surface area contributed by atoms with E-state index in [0.29, 0.717) is 11.7 Å². The quantitative estimate of drug-likeness (QED) is 0.899. The second-order valence-corrected chi connectivity index (χ2v) is 4.70. The second kappa shape index (κ2) is 4.90. The molecule has 0 bridgehead atoms. The van der Waals surface area contributed by atoms with Crippen LogP contribution in [0.4, 0.5) is 0 Å². The van der Waals surface area contributed by atoms with E-state index < -0.39 is 0 Å². The maximum absolute atomic E-state index is 5.36. The van der Waals surface area contributed by atoms with Crippen LogP contribution in [0.5, 0.6) is 0 Å². The van der Waals surface area contributed by atoms with E-state index in [1.165, 1.54) is 5.56 Å². The summed E-state index contributed by atoms with van der Waals surface area (Å²) in [6.45, 7) is 4.12. The van der Waals surface area contributed by atoms with Crippen molar-refractivity contribution in [3.8, 4) is 11.4 Å². The van der Waals surface area contributed by atoms with Crippen LogP contribution in [0.25, 0.3) is 11.4 Å². The molecule has 1 aliphatic heterocycles. The van der Waals surface area contributed by atoms with Crippen LogP contribution in [0.3, 0.4) is 0 Å². The van der Waals surface area contributed by atoms with Gasteiger partial charge in [0, 0.05) is 12.1 Å². The maximum atomic E-state index is 5.36. The first kappa shape index (κ1) is 11.4. The molecule has 0 spiro atoms. The third kappa shape index (κ3) is 2.16. The van der Waals surface area contributed by atoms with E-state index in [0.717, 1.165) is 37.4 Å². The lowest BCUT2D eigenvalue weighted by Crippen LogP contribution is -2.08. The van der Waals surface area contributed by atoms with Crippen LogP contribution >= 0.6 is 0 Å². The molecule has 2 aromatic rings. The van der Waals surface area contributed by atoms with Crippen molar-refractivity contribution in [1.82, 2.24) is 15.5 Å². The summed E-state index contributed by atoms with van der Waals surface area (Å²) in [7, 11) is 0. The van der Waals surface area contributed by atoms with Gasteiger partial charge in [-0.05, 0) is 24.9 Å². The molecule has 3 rings (SSSR count). The van der Waals surface area contributed by atoms with Gasteiger partial charge in [0.1, 0.15) is 0 Å². The molecule has 2 heterocycles. The van der Waals surface area contributed by atoms with Gasteiger partial charge in [0.05, 0.1) is 5.92 Å². The predicted octanol–water partition coefficient (Wildman–Crippen LogP) is 2.38. The van der Waals surface area contributed by atoms with Crippen LogP contribution in [0, 0.1) is 0 Å². The lowest BCUT2D eigenvalue weighted by molar-refractivity contribution is 0.359. The molecule has 0 aliphatic carbocycles. The van der Waals surface area contributed by atoms with Gasteiger partial charge >= 0.3 is 0 Å². The van der Waals surface area contributed by atoms with Gasteiger partial charge < -0.3 is 9.84 Å². The second-order valence-electron chi connectivity index (χ2n) is 4.70. The van der Waals surface area contributed by atoms with E-state index in [4.69, 9.17) is 4.52 Å². The van der Waals surface area contributed by atoms with Gasteiger partial charge in [0.2, 0.25) is 11.7 Å². The Balaban J connectivity index is 1.82. The van der Waals surface area contributed by atoms with Gasteiger partial charge in [-0.2, -0.15) is 4.98 Å². The lowest BCUT2D eigenvalue weighted by Gasteiger charge is -1.99. The first-order valence-electron chi connectivity index (χ1n) is 6.50. The van der Waals surface area contributed by atoms with E-state index in [1.807, 2.05) is 0 Å². The summed E-state index contributed by atoms with van der Waals surface area (Å²) >= 11 is 0. The Hall–Kier alpha value is -1.68. The number of aromatic nitrogens is 2. The van der Waals surface area contributed by atoms with Crippen molar-refractivity contribution in [2.24, 2.45) is 0 Å². The van der Waals surface area contributed by atoms with Crippen LogP contribution in [0.15, 0.2) is 28.8 Å². The topological polar surface area (TPSA) is 51.0 Å². The summed E-state index contributed by atoms with van der Waals surface area (Å²) in [5, 5.41) is 7.38. The molecule has 94 valence electrons. The predicted molar refractivity (Wildman–Crippen MR) is 69.3 cm³/mol. The molecule has 18 heavy (non-hydrogen) atoms. The monoisotopic (exact) mass is 243 g/mol. The highest BCUT2D eigenvalue weighted by Gasteiger charge is 2.22. The number of nitrogens with zero attached hydrogens (tertiary/aromatic N) is 2. The Morgan fingerprint density at radius 2 is 2.17 bits per heavy atom. The van der Waals surface area contributed by atoms with Crippen LogP contribution in [-0.4, -0.2) is 23.2 Å². The zero-order valence-corrected chi connectivity index (χ0v) is 10.5. The van der Waals surface area contributed by atoms with Crippen molar-refractivity contribution in [3.05, 3.63) is 35.7 Å². The van der Waals surface area contributed by atoms with E-state index in [-0.39, 0.29) is 0 Å². The number of aryl methyl sites for hydroxylation is 1. The molecular weight excluding hydrogens is 226 g/mol. The minimum atomic E-state index is 0.376. The average molecular weight is 243 g/mol. The zero-order chi connectivity index (χ0) is 12.4. The summed E-state index contributed by atoms with van der Waals surface area (Å²) in [5.41, 5.74) is 2.34. The van der Waals surface area contributed by atoms with Gasteiger partial charge in [0.15, 0.2) is 0 Å². The van der Waals surface area contributed by atoms with Crippen molar-refractivity contribution in [1.29, 1.82) is 0 Å². The molecule has 1 aliphatic rings. The molecule has 0 unspecified atom stereocenters. The SMILES string of the molecule is CCc1ccc(-c2noc([C@H]3CCNC3)n2)cc1. The number of benzene rings is 1. The molecule has 1 aromatic carbocycles. The molecular formula is C14H17N3O. The highest BCUT2D eigenvalue weighted by molar-refractivity contribution is 5.54. The summed E-state index contributed by atoms with van der Waals surface area (Å²) < 4.78 is 5.36. The Morgan fingerprint density at radius 1 is 1.33 bits per heavy atom. The van der Waals surface area contributed by atoms with E-state index in [1.54, 1.807) is 0 Å². The molecule has 1 saturated heterocycles. The van der Waals surface area contributed by atoms with Gasteiger partial charge in [-0.3, -0.25) is 0 Å². The molecule has 0 saturated carbocycles. The fourth-order valence-electron chi connectivity index (χ4n) is 2.27. The van der Waals surface area contributed by atoms with Crippen LogP contribution < -0.4 is 5.32 Å². The number of hydrogen-bond donors (Lipinski definition) is 1. The van der Waals surface area contributed by atoms with Gasteiger partial charge in [-0.15, -0.1) is 0 Å². The highest BCUT2D eigenvalue weighted by Crippen LogP contribution is 2.23. The standard InChI is InChI=1S/C14H17N3O/c1-2-10-3-5-11(6-4-10)13-16-14(18-17-13)12-7-8-15-9-12/h3-6,12,15H,2,7-9H2,1H3/t12-/m0/s1. The molecule has 1 aromatic heterocycles. The van der Waals surface area contributed by atoms with E-state index in [9.17, 15) is 0 Å². The van der Waals surface area contributed by atoms with Crippen molar-refractivity contribution < 1.29 is 4.52 Å². The van der Waals surface area contributed by atoms with Gasteiger partial charge in [-0.25, -0.2) is 0 Å². The van der Waals surface area contributed by atoms with Gasteiger partial charge in [0.25, 0.3) is 0 Å².